The molecule has 1 N–H and O–H groups in total. The standard InChI is InChI=1S/C20H19N/c1-20(2,3)14-9-11-16-17-10-8-13-6-4-5-7-15(13)19(17)21-18(16)12-14/h4-12,21H,1-3H3. The van der Waals surface area contributed by atoms with Crippen molar-refractivity contribution in [3.63, 3.8) is 0 Å². The fourth-order valence-electron chi connectivity index (χ4n) is 3.11. The molecule has 21 heavy (non-hydrogen) atoms. The zero-order valence-corrected chi connectivity index (χ0v) is 12.7. The zero-order chi connectivity index (χ0) is 14.6. The Hall–Kier alpha value is -2.28. The molecule has 0 saturated heterocycles. The van der Waals surface area contributed by atoms with E-state index in [9.17, 15) is 0 Å². The van der Waals surface area contributed by atoms with Crippen LogP contribution < -0.4 is 0 Å². The average Bonchev–Trinajstić information content (AvgIpc) is 2.84. The molecule has 0 spiro atoms. The quantitative estimate of drug-likeness (QED) is 0.418. The van der Waals surface area contributed by atoms with Crippen molar-refractivity contribution in [3.8, 4) is 0 Å². The Morgan fingerprint density at radius 2 is 1.52 bits per heavy atom. The topological polar surface area (TPSA) is 15.8 Å². The number of aromatic amines is 1. The Labute approximate surface area is 124 Å². The second-order valence-electron chi connectivity index (χ2n) is 6.84. The molecule has 0 saturated carbocycles. The van der Waals surface area contributed by atoms with Crippen LogP contribution in [0.4, 0.5) is 0 Å². The first kappa shape index (κ1) is 12.5. The number of hydrogen-bond acceptors (Lipinski definition) is 0. The number of fused-ring (bicyclic) bond motifs is 5. The fraction of sp³-hybridized carbons (Fsp3) is 0.200. The molecule has 0 radical (unpaired) electrons. The van der Waals surface area contributed by atoms with Crippen LogP contribution in [0, 0.1) is 0 Å². The normalized spacial score (nSPS) is 12.5. The highest BCUT2D eigenvalue weighted by Crippen LogP contribution is 2.33. The van der Waals surface area contributed by atoms with E-state index in [-0.39, 0.29) is 5.41 Å². The summed E-state index contributed by atoms with van der Waals surface area (Å²) in [7, 11) is 0. The Morgan fingerprint density at radius 1 is 0.762 bits per heavy atom. The van der Waals surface area contributed by atoms with Crippen molar-refractivity contribution in [2.75, 3.05) is 0 Å². The molecule has 3 aromatic carbocycles. The lowest BCUT2D eigenvalue weighted by Crippen LogP contribution is -2.10. The number of H-pyrrole nitrogens is 1. The lowest BCUT2D eigenvalue weighted by Gasteiger charge is -2.18. The molecule has 1 aromatic heterocycles. The van der Waals surface area contributed by atoms with Gasteiger partial charge in [0.2, 0.25) is 0 Å². The fourth-order valence-corrected chi connectivity index (χ4v) is 3.11. The van der Waals surface area contributed by atoms with Crippen LogP contribution in [-0.4, -0.2) is 4.98 Å². The summed E-state index contributed by atoms with van der Waals surface area (Å²) in [6.07, 6.45) is 0. The van der Waals surface area contributed by atoms with Crippen molar-refractivity contribution in [1.82, 2.24) is 4.98 Å². The smallest absolute Gasteiger partial charge is 0.0544 e. The predicted octanol–water partition coefficient (Wildman–Crippen LogP) is 5.77. The molecular formula is C20H19N. The summed E-state index contributed by atoms with van der Waals surface area (Å²) in [5.41, 5.74) is 4.02. The lowest BCUT2D eigenvalue weighted by atomic mass is 9.86. The van der Waals surface area contributed by atoms with Crippen LogP contribution in [0.2, 0.25) is 0 Å². The third kappa shape index (κ3) is 1.84. The van der Waals surface area contributed by atoms with Gasteiger partial charge < -0.3 is 4.98 Å². The SMILES string of the molecule is CC(C)(C)c1ccc2c(c1)[nH]c1c3ccccc3ccc21. The first-order chi connectivity index (χ1) is 10.0. The second-order valence-corrected chi connectivity index (χ2v) is 6.84. The largest absolute Gasteiger partial charge is 0.354 e. The maximum absolute atomic E-state index is 3.63. The molecule has 0 aliphatic carbocycles. The highest BCUT2D eigenvalue weighted by Gasteiger charge is 2.15. The summed E-state index contributed by atoms with van der Waals surface area (Å²) < 4.78 is 0. The molecule has 0 aliphatic rings. The summed E-state index contributed by atoms with van der Waals surface area (Å²) in [5, 5.41) is 5.20. The molecule has 4 rings (SSSR count). The molecule has 0 amide bonds. The van der Waals surface area contributed by atoms with E-state index in [1.54, 1.807) is 0 Å². The maximum atomic E-state index is 3.63. The number of hydrogen-bond donors (Lipinski definition) is 1. The molecule has 4 aromatic rings. The van der Waals surface area contributed by atoms with E-state index in [4.69, 9.17) is 0 Å². The van der Waals surface area contributed by atoms with Crippen LogP contribution in [0.25, 0.3) is 32.6 Å². The van der Waals surface area contributed by atoms with E-state index >= 15 is 0 Å². The molecule has 0 fully saturated rings. The van der Waals surface area contributed by atoms with Gasteiger partial charge in [-0.05, 0) is 22.4 Å². The van der Waals surface area contributed by atoms with Gasteiger partial charge in [-0.25, -0.2) is 0 Å². The number of benzene rings is 3. The van der Waals surface area contributed by atoms with Gasteiger partial charge in [0.15, 0.2) is 0 Å². The first-order valence-corrected chi connectivity index (χ1v) is 7.48. The van der Waals surface area contributed by atoms with Gasteiger partial charge >= 0.3 is 0 Å². The first-order valence-electron chi connectivity index (χ1n) is 7.48. The van der Waals surface area contributed by atoms with Gasteiger partial charge in [-0.3, -0.25) is 0 Å². The highest BCUT2D eigenvalue weighted by atomic mass is 14.7. The molecule has 104 valence electrons. The summed E-state index contributed by atoms with van der Waals surface area (Å²) in [6.45, 7) is 6.77. The number of rotatable bonds is 0. The van der Waals surface area contributed by atoms with Crippen LogP contribution in [-0.2, 0) is 5.41 Å². The number of aromatic nitrogens is 1. The van der Waals surface area contributed by atoms with Crippen LogP contribution in [0.15, 0.2) is 54.6 Å². The van der Waals surface area contributed by atoms with E-state index in [0.717, 1.165) is 0 Å². The molecule has 0 atom stereocenters. The van der Waals surface area contributed by atoms with Crippen LogP contribution >= 0.6 is 0 Å². The molecular weight excluding hydrogens is 254 g/mol. The summed E-state index contributed by atoms with van der Waals surface area (Å²) in [4.78, 5) is 3.63. The Balaban J connectivity index is 2.12. The van der Waals surface area contributed by atoms with E-state index in [1.807, 2.05) is 0 Å². The molecule has 0 unspecified atom stereocenters. The van der Waals surface area contributed by atoms with Crippen molar-refractivity contribution in [2.24, 2.45) is 0 Å². The van der Waals surface area contributed by atoms with Crippen molar-refractivity contribution >= 4 is 32.6 Å². The molecule has 1 nitrogen and oxygen atoms in total. The van der Waals surface area contributed by atoms with Crippen molar-refractivity contribution in [2.45, 2.75) is 26.2 Å². The monoisotopic (exact) mass is 273 g/mol. The number of nitrogens with one attached hydrogen (secondary N) is 1. The Kier molecular flexibility index (Phi) is 2.44. The van der Waals surface area contributed by atoms with Crippen LogP contribution in [0.5, 0.6) is 0 Å². The maximum Gasteiger partial charge on any atom is 0.0544 e. The van der Waals surface area contributed by atoms with Crippen molar-refractivity contribution in [1.29, 1.82) is 0 Å². The van der Waals surface area contributed by atoms with Gasteiger partial charge in [0.25, 0.3) is 0 Å². The summed E-state index contributed by atoms with van der Waals surface area (Å²) >= 11 is 0. The third-order valence-electron chi connectivity index (χ3n) is 4.36. The van der Waals surface area contributed by atoms with Crippen molar-refractivity contribution < 1.29 is 0 Å². The molecule has 0 bridgehead atoms. The third-order valence-corrected chi connectivity index (χ3v) is 4.36. The minimum Gasteiger partial charge on any atom is -0.354 e. The van der Waals surface area contributed by atoms with Crippen LogP contribution in [0.1, 0.15) is 26.3 Å². The van der Waals surface area contributed by atoms with E-state index in [1.165, 1.54) is 38.1 Å². The molecule has 1 heterocycles. The van der Waals surface area contributed by atoms with Gasteiger partial charge in [-0.1, -0.05) is 69.3 Å². The van der Waals surface area contributed by atoms with Gasteiger partial charge in [0, 0.05) is 21.7 Å². The van der Waals surface area contributed by atoms with Crippen LogP contribution in [0.3, 0.4) is 0 Å². The second kappa shape index (κ2) is 4.11. The van der Waals surface area contributed by atoms with Gasteiger partial charge in [-0.15, -0.1) is 0 Å². The predicted molar refractivity (Wildman–Crippen MR) is 92.0 cm³/mol. The summed E-state index contributed by atoms with van der Waals surface area (Å²) in [5.74, 6) is 0. The van der Waals surface area contributed by atoms with Gasteiger partial charge in [0.05, 0.1) is 5.52 Å². The Morgan fingerprint density at radius 3 is 2.33 bits per heavy atom. The average molecular weight is 273 g/mol. The molecule has 1 heteroatoms. The Bertz CT molecular complexity index is 968. The van der Waals surface area contributed by atoms with E-state index in [0.29, 0.717) is 0 Å². The lowest BCUT2D eigenvalue weighted by molar-refractivity contribution is 0.591. The minimum atomic E-state index is 0.174. The zero-order valence-electron chi connectivity index (χ0n) is 12.7. The summed E-state index contributed by atoms with van der Waals surface area (Å²) in [6, 6.07) is 19.8. The minimum absolute atomic E-state index is 0.174. The van der Waals surface area contributed by atoms with E-state index in [2.05, 4.69) is 80.4 Å². The van der Waals surface area contributed by atoms with Crippen molar-refractivity contribution in [3.05, 3.63) is 60.2 Å². The van der Waals surface area contributed by atoms with Gasteiger partial charge in [0.1, 0.15) is 0 Å². The highest BCUT2D eigenvalue weighted by molar-refractivity contribution is 6.16. The van der Waals surface area contributed by atoms with Gasteiger partial charge in [-0.2, -0.15) is 0 Å². The molecule has 0 aliphatic heterocycles. The van der Waals surface area contributed by atoms with E-state index < -0.39 is 0 Å².